The van der Waals surface area contributed by atoms with Crippen LogP contribution in [-0.2, 0) is 12.8 Å². The molecule has 1 aliphatic rings. The summed E-state index contributed by atoms with van der Waals surface area (Å²) >= 11 is 0. The molecule has 6 heteroatoms. The lowest BCUT2D eigenvalue weighted by Gasteiger charge is -2.19. The van der Waals surface area contributed by atoms with E-state index in [0.717, 1.165) is 41.5 Å². The highest BCUT2D eigenvalue weighted by atomic mass is 16.5. The number of nitrogens with one attached hydrogen (secondary N) is 2. The topological polar surface area (TPSA) is 68.8 Å². The summed E-state index contributed by atoms with van der Waals surface area (Å²) in [5, 5.41) is 6.73. The molecule has 6 nitrogen and oxygen atoms in total. The van der Waals surface area contributed by atoms with Gasteiger partial charge in [0.1, 0.15) is 0 Å². The monoisotopic (exact) mass is 460 g/mol. The van der Waals surface area contributed by atoms with E-state index in [9.17, 15) is 4.79 Å². The zero-order chi connectivity index (χ0) is 24.1. The maximum Gasteiger partial charge on any atom is 0.203 e. The molecule has 4 rings (SSSR count). The predicted octanol–water partition coefficient (Wildman–Crippen LogP) is 4.60. The first-order chi connectivity index (χ1) is 16.6. The van der Waals surface area contributed by atoms with Gasteiger partial charge < -0.3 is 24.8 Å². The second-order valence-corrected chi connectivity index (χ2v) is 8.35. The molecule has 1 atom stereocenters. The molecule has 3 aromatic carbocycles. The van der Waals surface area contributed by atoms with E-state index in [1.165, 1.54) is 5.56 Å². The third-order valence-corrected chi connectivity index (χ3v) is 6.46. The van der Waals surface area contributed by atoms with E-state index < -0.39 is 0 Å². The standard InChI is InChI=1S/C28H32N2O4/c1-29-22-12-10-19-16-25(32-2)27(33-3)28(34-4)26(19)20-11-13-23(24(31)17-21(20)22)30-15-14-18-8-6-5-7-9-18/h5-9,11,13,16-17,22,29H,10,12,14-15H2,1-4H3,(H,30,31)/t22-/m1/s1. The molecule has 0 aromatic heterocycles. The maximum absolute atomic E-state index is 13.2. The van der Waals surface area contributed by atoms with Crippen LogP contribution in [0.15, 0.2) is 59.4 Å². The van der Waals surface area contributed by atoms with E-state index in [1.54, 1.807) is 27.4 Å². The fourth-order valence-corrected chi connectivity index (χ4v) is 4.74. The van der Waals surface area contributed by atoms with Crippen LogP contribution in [0.5, 0.6) is 17.2 Å². The van der Waals surface area contributed by atoms with Crippen LogP contribution < -0.4 is 30.3 Å². The molecule has 1 aliphatic carbocycles. The van der Waals surface area contributed by atoms with E-state index in [0.29, 0.717) is 29.5 Å². The van der Waals surface area contributed by atoms with Crippen molar-refractivity contribution >= 4 is 5.69 Å². The molecule has 178 valence electrons. The lowest BCUT2D eigenvalue weighted by atomic mass is 9.95. The Morgan fingerprint density at radius 1 is 0.941 bits per heavy atom. The molecule has 34 heavy (non-hydrogen) atoms. The van der Waals surface area contributed by atoms with Crippen molar-refractivity contribution in [3.8, 4) is 28.4 Å². The van der Waals surface area contributed by atoms with Gasteiger partial charge in [0, 0.05) is 18.2 Å². The SMILES string of the molecule is CN[C@@H]1CCc2cc(OC)c(OC)c(OC)c2-c2ccc(NCCc3ccccc3)c(=O)cc21. The zero-order valence-corrected chi connectivity index (χ0v) is 20.2. The molecular formula is C28H32N2O4. The summed E-state index contributed by atoms with van der Waals surface area (Å²) in [6.45, 7) is 0.675. The summed E-state index contributed by atoms with van der Waals surface area (Å²) in [5.41, 5.74) is 5.74. The third kappa shape index (κ3) is 4.59. The van der Waals surface area contributed by atoms with Crippen molar-refractivity contribution in [3.63, 3.8) is 0 Å². The van der Waals surface area contributed by atoms with E-state index in [1.807, 2.05) is 43.4 Å². The van der Waals surface area contributed by atoms with Crippen LogP contribution in [0.4, 0.5) is 5.69 Å². The highest BCUT2D eigenvalue weighted by molar-refractivity contribution is 5.83. The first-order valence-corrected chi connectivity index (χ1v) is 11.6. The molecule has 0 radical (unpaired) electrons. The second kappa shape index (κ2) is 10.6. The number of benzene rings is 2. The molecule has 0 fully saturated rings. The van der Waals surface area contributed by atoms with E-state index >= 15 is 0 Å². The lowest BCUT2D eigenvalue weighted by molar-refractivity contribution is 0.324. The van der Waals surface area contributed by atoms with Crippen LogP contribution in [0.1, 0.15) is 29.2 Å². The average Bonchev–Trinajstić information content (AvgIpc) is 3.11. The molecule has 0 heterocycles. The van der Waals surface area contributed by atoms with E-state index in [2.05, 4.69) is 22.8 Å². The number of aryl methyl sites for hydroxylation is 1. The molecule has 0 aliphatic heterocycles. The maximum atomic E-state index is 13.2. The van der Waals surface area contributed by atoms with Gasteiger partial charge in [-0.2, -0.15) is 0 Å². The number of rotatable bonds is 8. The van der Waals surface area contributed by atoms with Crippen molar-refractivity contribution in [3.05, 3.63) is 81.5 Å². The molecular weight excluding hydrogens is 428 g/mol. The van der Waals surface area contributed by atoms with Gasteiger partial charge in [0.25, 0.3) is 0 Å². The molecule has 0 spiro atoms. The number of methoxy groups -OCH3 is 3. The van der Waals surface area contributed by atoms with Crippen LogP contribution in [0, 0.1) is 0 Å². The lowest BCUT2D eigenvalue weighted by Crippen LogP contribution is -2.18. The Labute approximate surface area is 200 Å². The Morgan fingerprint density at radius 3 is 2.38 bits per heavy atom. The number of ether oxygens (including phenoxy) is 3. The van der Waals surface area contributed by atoms with Crippen molar-refractivity contribution in [2.24, 2.45) is 0 Å². The van der Waals surface area contributed by atoms with E-state index in [-0.39, 0.29) is 11.5 Å². The summed E-state index contributed by atoms with van der Waals surface area (Å²) in [6, 6.07) is 17.9. The Balaban J connectivity index is 1.81. The van der Waals surface area contributed by atoms with Crippen LogP contribution in [0.2, 0.25) is 0 Å². The molecule has 0 amide bonds. The molecule has 0 saturated heterocycles. The van der Waals surface area contributed by atoms with Gasteiger partial charge in [-0.25, -0.2) is 0 Å². The van der Waals surface area contributed by atoms with Gasteiger partial charge in [0.05, 0.1) is 27.0 Å². The highest BCUT2D eigenvalue weighted by Gasteiger charge is 2.28. The van der Waals surface area contributed by atoms with Crippen LogP contribution in [-0.4, -0.2) is 34.9 Å². The number of hydrogen-bond donors (Lipinski definition) is 2. The molecule has 0 bridgehead atoms. The van der Waals surface area contributed by atoms with Crippen molar-refractivity contribution in [2.75, 3.05) is 40.2 Å². The van der Waals surface area contributed by atoms with Crippen LogP contribution in [0.3, 0.4) is 0 Å². The second-order valence-electron chi connectivity index (χ2n) is 8.35. The number of anilines is 1. The van der Waals surface area contributed by atoms with Crippen molar-refractivity contribution in [1.29, 1.82) is 0 Å². The fourth-order valence-electron chi connectivity index (χ4n) is 4.74. The van der Waals surface area contributed by atoms with Gasteiger partial charge in [-0.05, 0) is 66.8 Å². The van der Waals surface area contributed by atoms with Gasteiger partial charge in [0.2, 0.25) is 11.2 Å². The Kier molecular flexibility index (Phi) is 7.38. The summed E-state index contributed by atoms with van der Waals surface area (Å²) in [4.78, 5) is 13.2. The fraction of sp³-hybridized carbons (Fsp3) is 0.321. The Morgan fingerprint density at radius 2 is 1.71 bits per heavy atom. The zero-order valence-electron chi connectivity index (χ0n) is 20.2. The highest BCUT2D eigenvalue weighted by Crippen LogP contribution is 2.50. The Bertz CT molecular complexity index is 1210. The van der Waals surface area contributed by atoms with Gasteiger partial charge >= 0.3 is 0 Å². The van der Waals surface area contributed by atoms with Gasteiger partial charge in [-0.15, -0.1) is 0 Å². The third-order valence-electron chi connectivity index (χ3n) is 6.46. The van der Waals surface area contributed by atoms with Gasteiger partial charge in [-0.3, -0.25) is 4.79 Å². The molecule has 0 unspecified atom stereocenters. The minimum Gasteiger partial charge on any atom is -0.493 e. The van der Waals surface area contributed by atoms with Gasteiger partial charge in [0.15, 0.2) is 11.5 Å². The predicted molar refractivity (Wildman–Crippen MR) is 137 cm³/mol. The van der Waals surface area contributed by atoms with Crippen molar-refractivity contribution < 1.29 is 14.2 Å². The summed E-state index contributed by atoms with van der Waals surface area (Å²) in [5.74, 6) is 1.80. The van der Waals surface area contributed by atoms with Crippen LogP contribution in [0.25, 0.3) is 11.1 Å². The normalized spacial score (nSPS) is 14.4. The van der Waals surface area contributed by atoms with Crippen molar-refractivity contribution in [2.45, 2.75) is 25.3 Å². The largest absolute Gasteiger partial charge is 0.493 e. The summed E-state index contributed by atoms with van der Waals surface area (Å²) in [6.07, 6.45) is 2.49. The van der Waals surface area contributed by atoms with Crippen molar-refractivity contribution in [1.82, 2.24) is 5.32 Å². The molecule has 2 N–H and O–H groups in total. The summed E-state index contributed by atoms with van der Waals surface area (Å²) < 4.78 is 17.1. The average molecular weight is 461 g/mol. The van der Waals surface area contributed by atoms with Gasteiger partial charge in [-0.1, -0.05) is 36.4 Å². The minimum atomic E-state index is -0.0301. The quantitative estimate of drug-likeness (QED) is 0.512. The Hall–Kier alpha value is -3.51. The minimum absolute atomic E-state index is 0.0290. The molecule has 3 aromatic rings. The molecule has 0 saturated carbocycles. The van der Waals surface area contributed by atoms with Crippen LogP contribution >= 0.6 is 0 Å². The summed E-state index contributed by atoms with van der Waals surface area (Å²) in [7, 11) is 6.80. The number of hydrogen-bond acceptors (Lipinski definition) is 6. The smallest absolute Gasteiger partial charge is 0.203 e. The van der Waals surface area contributed by atoms with E-state index in [4.69, 9.17) is 14.2 Å². The first-order valence-electron chi connectivity index (χ1n) is 11.6. The number of fused-ring (bicyclic) bond motifs is 3. The first kappa shape index (κ1) is 23.6.